The third-order valence-corrected chi connectivity index (χ3v) is 2.60. The van der Waals surface area contributed by atoms with Crippen molar-refractivity contribution in [3.8, 4) is 11.5 Å². The summed E-state index contributed by atoms with van der Waals surface area (Å²) in [6.45, 7) is 0.0282. The summed E-state index contributed by atoms with van der Waals surface area (Å²) < 4.78 is 10.1. The number of hydrogen-bond donors (Lipinski definition) is 4. The number of carboxylic acid groups (broad SMARTS) is 1. The van der Waals surface area contributed by atoms with Crippen molar-refractivity contribution in [1.29, 1.82) is 0 Å². The lowest BCUT2D eigenvalue weighted by Crippen LogP contribution is -2.33. The largest absolute Gasteiger partial charge is 0.497 e. The van der Waals surface area contributed by atoms with Gasteiger partial charge in [0.1, 0.15) is 11.5 Å². The molecule has 21 heavy (non-hydrogen) atoms. The fourth-order valence-electron chi connectivity index (χ4n) is 1.50. The van der Waals surface area contributed by atoms with Crippen molar-refractivity contribution in [2.75, 3.05) is 26.1 Å². The Morgan fingerprint density at radius 2 is 1.76 bits per heavy atom. The van der Waals surface area contributed by atoms with Crippen LogP contribution < -0.4 is 20.1 Å². The van der Waals surface area contributed by atoms with Crippen molar-refractivity contribution in [1.82, 2.24) is 5.32 Å². The van der Waals surface area contributed by atoms with Crippen molar-refractivity contribution in [2.24, 2.45) is 0 Å². The lowest BCUT2D eigenvalue weighted by atomic mass is 10.2. The number of benzene rings is 1. The second kappa shape index (κ2) is 7.95. The quantitative estimate of drug-likeness (QED) is 0.587. The molecule has 0 aliphatic carbocycles. The van der Waals surface area contributed by atoms with Gasteiger partial charge in [0.25, 0.3) is 0 Å². The molecule has 0 aliphatic heterocycles. The summed E-state index contributed by atoms with van der Waals surface area (Å²) >= 11 is 0. The second-order valence-electron chi connectivity index (χ2n) is 4.12. The van der Waals surface area contributed by atoms with Crippen molar-refractivity contribution in [2.45, 2.75) is 12.5 Å². The van der Waals surface area contributed by atoms with E-state index in [9.17, 15) is 9.59 Å². The highest BCUT2D eigenvalue weighted by Crippen LogP contribution is 2.25. The number of urea groups is 1. The van der Waals surface area contributed by atoms with Crippen LogP contribution in [-0.4, -0.2) is 49.1 Å². The number of carboxylic acids is 1. The smallest absolute Gasteiger partial charge is 0.332 e. The van der Waals surface area contributed by atoms with Crippen LogP contribution in [0.4, 0.5) is 10.5 Å². The summed E-state index contributed by atoms with van der Waals surface area (Å²) in [5.41, 5.74) is 0.461. The lowest BCUT2D eigenvalue weighted by molar-refractivity contribution is -0.146. The molecule has 0 aliphatic rings. The Morgan fingerprint density at radius 3 is 2.24 bits per heavy atom. The van der Waals surface area contributed by atoms with Crippen molar-refractivity contribution >= 4 is 17.7 Å². The Morgan fingerprint density at radius 1 is 1.19 bits per heavy atom. The van der Waals surface area contributed by atoms with E-state index in [1.54, 1.807) is 18.2 Å². The number of amides is 2. The molecule has 1 atom stereocenters. The molecular formula is C13H18N2O6. The van der Waals surface area contributed by atoms with Gasteiger partial charge >= 0.3 is 12.0 Å². The number of carbonyl (C=O) groups excluding carboxylic acids is 1. The van der Waals surface area contributed by atoms with E-state index in [0.29, 0.717) is 17.2 Å². The van der Waals surface area contributed by atoms with Crippen LogP contribution in [0.3, 0.4) is 0 Å². The molecule has 4 N–H and O–H groups in total. The van der Waals surface area contributed by atoms with E-state index >= 15 is 0 Å². The van der Waals surface area contributed by atoms with E-state index in [1.165, 1.54) is 14.2 Å². The summed E-state index contributed by atoms with van der Waals surface area (Å²) in [7, 11) is 2.98. The van der Waals surface area contributed by atoms with Gasteiger partial charge in [0.2, 0.25) is 0 Å². The maximum atomic E-state index is 11.6. The number of aliphatic carboxylic acids is 1. The molecule has 0 aromatic heterocycles. The predicted octanol–water partition coefficient (Wildman–Crippen LogP) is 0.661. The predicted molar refractivity (Wildman–Crippen MR) is 74.8 cm³/mol. The summed E-state index contributed by atoms with van der Waals surface area (Å²) in [6, 6.07) is 4.34. The molecule has 0 saturated heterocycles. The molecule has 0 fully saturated rings. The maximum absolute atomic E-state index is 11.6. The topological polar surface area (TPSA) is 117 Å². The third kappa shape index (κ3) is 5.57. The minimum atomic E-state index is -1.50. The molecule has 0 radical (unpaired) electrons. The third-order valence-electron chi connectivity index (χ3n) is 2.60. The number of ether oxygens (including phenoxy) is 2. The fourth-order valence-corrected chi connectivity index (χ4v) is 1.50. The highest BCUT2D eigenvalue weighted by Gasteiger charge is 2.13. The summed E-state index contributed by atoms with van der Waals surface area (Å²) in [5.74, 6) is -0.286. The first-order valence-corrected chi connectivity index (χ1v) is 6.15. The van der Waals surface area contributed by atoms with Gasteiger partial charge in [0.15, 0.2) is 6.10 Å². The van der Waals surface area contributed by atoms with Gasteiger partial charge in [-0.15, -0.1) is 0 Å². The van der Waals surface area contributed by atoms with E-state index < -0.39 is 18.1 Å². The zero-order chi connectivity index (χ0) is 15.8. The molecule has 8 heteroatoms. The Labute approximate surface area is 121 Å². The minimum Gasteiger partial charge on any atom is -0.497 e. The second-order valence-corrected chi connectivity index (χ2v) is 4.12. The molecule has 1 aromatic rings. The fraction of sp³-hybridized carbons (Fsp3) is 0.385. The van der Waals surface area contributed by atoms with E-state index in [-0.39, 0.29) is 13.0 Å². The first-order valence-electron chi connectivity index (χ1n) is 6.15. The molecule has 116 valence electrons. The van der Waals surface area contributed by atoms with Crippen LogP contribution in [0.15, 0.2) is 18.2 Å². The van der Waals surface area contributed by atoms with Gasteiger partial charge in [0, 0.05) is 36.9 Å². The van der Waals surface area contributed by atoms with Crippen LogP contribution in [-0.2, 0) is 4.79 Å². The molecule has 0 unspecified atom stereocenters. The molecule has 1 rings (SSSR count). The van der Waals surface area contributed by atoms with E-state index in [4.69, 9.17) is 19.7 Å². The molecule has 0 heterocycles. The SMILES string of the molecule is COc1cc(NC(=O)NCC[C@H](O)C(=O)O)cc(OC)c1. The number of carbonyl (C=O) groups is 2. The van der Waals surface area contributed by atoms with Gasteiger partial charge < -0.3 is 30.3 Å². The summed E-state index contributed by atoms with van der Waals surface area (Å²) in [4.78, 5) is 22.0. The Balaban J connectivity index is 2.52. The van der Waals surface area contributed by atoms with Gasteiger partial charge in [-0.25, -0.2) is 9.59 Å². The lowest BCUT2D eigenvalue weighted by Gasteiger charge is -2.11. The van der Waals surface area contributed by atoms with Crippen molar-refractivity contribution in [3.63, 3.8) is 0 Å². The van der Waals surface area contributed by atoms with Gasteiger partial charge in [-0.05, 0) is 0 Å². The van der Waals surface area contributed by atoms with Gasteiger partial charge in [-0.3, -0.25) is 0 Å². The van der Waals surface area contributed by atoms with Crippen LogP contribution >= 0.6 is 0 Å². The van der Waals surface area contributed by atoms with E-state index in [2.05, 4.69) is 10.6 Å². The molecule has 8 nitrogen and oxygen atoms in total. The molecule has 1 aromatic carbocycles. The zero-order valence-corrected chi connectivity index (χ0v) is 11.8. The number of nitrogens with one attached hydrogen (secondary N) is 2. The van der Waals surface area contributed by atoms with Crippen LogP contribution in [0.25, 0.3) is 0 Å². The number of rotatable bonds is 7. The first-order chi connectivity index (χ1) is 9.96. The van der Waals surface area contributed by atoms with E-state index in [0.717, 1.165) is 0 Å². The number of hydrogen-bond acceptors (Lipinski definition) is 5. The van der Waals surface area contributed by atoms with Crippen LogP contribution in [0.1, 0.15) is 6.42 Å². The maximum Gasteiger partial charge on any atom is 0.332 e. The number of aliphatic hydroxyl groups is 1. The van der Waals surface area contributed by atoms with Crippen molar-refractivity contribution in [3.05, 3.63) is 18.2 Å². The van der Waals surface area contributed by atoms with Crippen LogP contribution in [0, 0.1) is 0 Å². The normalized spacial score (nSPS) is 11.4. The van der Waals surface area contributed by atoms with Crippen LogP contribution in [0.5, 0.6) is 11.5 Å². The Bertz CT molecular complexity index is 483. The average molecular weight is 298 g/mol. The van der Waals surface area contributed by atoms with Gasteiger partial charge in [-0.2, -0.15) is 0 Å². The van der Waals surface area contributed by atoms with E-state index in [1.807, 2.05) is 0 Å². The number of aliphatic hydroxyl groups excluding tert-OH is 1. The number of anilines is 1. The van der Waals surface area contributed by atoms with Crippen LogP contribution in [0.2, 0.25) is 0 Å². The standard InChI is InChI=1S/C13H18N2O6/c1-20-9-5-8(6-10(7-9)21-2)15-13(19)14-4-3-11(16)12(17)18/h5-7,11,16H,3-4H2,1-2H3,(H,17,18)(H2,14,15,19)/t11-/m0/s1. The highest BCUT2D eigenvalue weighted by atomic mass is 16.5. The molecule has 0 bridgehead atoms. The highest BCUT2D eigenvalue weighted by molar-refractivity contribution is 5.89. The van der Waals surface area contributed by atoms with Gasteiger partial charge in [-0.1, -0.05) is 0 Å². The molecule has 0 saturated carbocycles. The number of methoxy groups -OCH3 is 2. The zero-order valence-electron chi connectivity index (χ0n) is 11.8. The van der Waals surface area contributed by atoms with Gasteiger partial charge in [0.05, 0.1) is 14.2 Å². The van der Waals surface area contributed by atoms with Crippen molar-refractivity contribution < 1.29 is 29.3 Å². The average Bonchev–Trinajstić information content (AvgIpc) is 2.46. The molecule has 0 spiro atoms. The first kappa shape index (κ1) is 16.6. The summed E-state index contributed by atoms with van der Waals surface area (Å²) in [5, 5.41) is 22.5. The Kier molecular flexibility index (Phi) is 6.28. The Hall–Kier alpha value is -2.48. The molecular weight excluding hydrogens is 280 g/mol. The monoisotopic (exact) mass is 298 g/mol. The minimum absolute atomic E-state index is 0.0282. The molecule has 2 amide bonds. The summed E-state index contributed by atoms with van der Waals surface area (Å²) in [6.07, 6.45) is -1.58.